The molecule has 2 rings (SSSR count). The van der Waals surface area contributed by atoms with Crippen LogP contribution in [0.25, 0.3) is 0 Å². The number of rotatable bonds is 0. The molecule has 0 amide bonds. The van der Waals surface area contributed by atoms with Crippen molar-refractivity contribution in [2.75, 3.05) is 0 Å². The van der Waals surface area contributed by atoms with Gasteiger partial charge in [-0.1, -0.05) is 11.2 Å². The van der Waals surface area contributed by atoms with Gasteiger partial charge in [-0.15, -0.1) is 0 Å². The minimum absolute atomic E-state index is 0.126. The third kappa shape index (κ3) is 0.483. The maximum atomic E-state index is 8.86. The minimum Gasteiger partial charge on any atom is -0.479 e. The van der Waals surface area contributed by atoms with Gasteiger partial charge >= 0.3 is 5.95 Å². The quantitative estimate of drug-likeness (QED) is 0.549. The van der Waals surface area contributed by atoms with Crippen molar-refractivity contribution in [1.29, 1.82) is 0 Å². The predicted molar refractivity (Wildman–Crippen MR) is 28.8 cm³/mol. The van der Waals surface area contributed by atoms with E-state index in [9.17, 15) is 0 Å². The van der Waals surface area contributed by atoms with Gasteiger partial charge in [-0.25, -0.2) is 0 Å². The zero-order chi connectivity index (χ0) is 6.27. The average molecular weight is 122 g/mol. The summed E-state index contributed by atoms with van der Waals surface area (Å²) in [6, 6.07) is 0. The average Bonchev–Trinajstić information content (AvgIpc) is 2.35. The van der Waals surface area contributed by atoms with E-state index in [1.807, 2.05) is 6.08 Å². The molecule has 45 valence electrons. The Bertz CT molecular complexity index is 262. The van der Waals surface area contributed by atoms with E-state index in [2.05, 4.69) is 15.8 Å². The van der Waals surface area contributed by atoms with Crippen LogP contribution in [-0.2, 0) is 6.42 Å². The van der Waals surface area contributed by atoms with Crippen LogP contribution in [0, 0.1) is 6.08 Å². The maximum Gasteiger partial charge on any atom is 0.316 e. The van der Waals surface area contributed by atoms with Gasteiger partial charge in [0.1, 0.15) is 0 Å². The van der Waals surface area contributed by atoms with E-state index in [0.29, 0.717) is 5.56 Å². The number of hydrogen-bond acceptors (Lipinski definition) is 3. The first-order valence-corrected chi connectivity index (χ1v) is 2.63. The molecule has 0 fully saturated rings. The lowest BCUT2D eigenvalue weighted by molar-refractivity contribution is 0.275. The normalized spacial score (nSPS) is 14.2. The van der Waals surface area contributed by atoms with Crippen LogP contribution in [0.4, 0.5) is 0 Å². The van der Waals surface area contributed by atoms with Crippen molar-refractivity contribution in [1.82, 2.24) is 5.16 Å². The van der Waals surface area contributed by atoms with Gasteiger partial charge in [-0.05, 0) is 6.08 Å². The summed E-state index contributed by atoms with van der Waals surface area (Å²) in [7, 11) is 0. The van der Waals surface area contributed by atoms with E-state index >= 15 is 0 Å². The summed E-state index contributed by atoms with van der Waals surface area (Å²) >= 11 is 0. The van der Waals surface area contributed by atoms with Crippen molar-refractivity contribution in [3.05, 3.63) is 23.4 Å². The van der Waals surface area contributed by atoms with E-state index in [1.165, 1.54) is 0 Å². The molecule has 3 heteroatoms. The summed E-state index contributed by atoms with van der Waals surface area (Å²) in [6.07, 6.45) is 5.35. The number of allylic oxidation sites excluding steroid dienone is 1. The molecule has 0 unspecified atom stereocenters. The SMILES string of the molecule is Oc1onc2c1[C]=CC2. The van der Waals surface area contributed by atoms with Crippen LogP contribution in [0.5, 0.6) is 5.95 Å². The summed E-state index contributed by atoms with van der Waals surface area (Å²) in [5, 5.41) is 12.4. The van der Waals surface area contributed by atoms with Gasteiger partial charge in [-0.2, -0.15) is 0 Å². The van der Waals surface area contributed by atoms with Gasteiger partial charge in [0.25, 0.3) is 0 Å². The monoisotopic (exact) mass is 122 g/mol. The second-order valence-electron chi connectivity index (χ2n) is 1.86. The predicted octanol–water partition coefficient (Wildman–Crippen LogP) is 0.644. The van der Waals surface area contributed by atoms with E-state index in [4.69, 9.17) is 5.11 Å². The number of fused-ring (bicyclic) bond motifs is 1. The second-order valence-corrected chi connectivity index (χ2v) is 1.86. The maximum absolute atomic E-state index is 8.86. The summed E-state index contributed by atoms with van der Waals surface area (Å²) in [5.74, 6) is -0.126. The van der Waals surface area contributed by atoms with Crippen molar-refractivity contribution < 1.29 is 9.63 Å². The van der Waals surface area contributed by atoms with Crippen molar-refractivity contribution in [3.63, 3.8) is 0 Å². The smallest absolute Gasteiger partial charge is 0.316 e. The fourth-order valence-electron chi connectivity index (χ4n) is 0.847. The van der Waals surface area contributed by atoms with Crippen LogP contribution in [-0.4, -0.2) is 10.3 Å². The lowest BCUT2D eigenvalue weighted by Crippen LogP contribution is -1.74. The Morgan fingerprint density at radius 1 is 1.78 bits per heavy atom. The van der Waals surface area contributed by atoms with Crippen molar-refractivity contribution in [3.8, 4) is 5.95 Å². The van der Waals surface area contributed by atoms with Crippen LogP contribution in [0.15, 0.2) is 10.6 Å². The van der Waals surface area contributed by atoms with Crippen LogP contribution in [0.3, 0.4) is 0 Å². The molecule has 9 heavy (non-hydrogen) atoms. The molecule has 1 radical (unpaired) electrons. The number of aromatic nitrogens is 1. The molecule has 0 atom stereocenters. The lowest BCUT2D eigenvalue weighted by atomic mass is 10.3. The zero-order valence-electron chi connectivity index (χ0n) is 4.59. The standard InChI is InChI=1S/C6H4NO2/c8-6-4-2-1-3-5(4)7-9-6/h1,8H,3H2. The first-order chi connectivity index (χ1) is 4.38. The van der Waals surface area contributed by atoms with Crippen LogP contribution in [0.1, 0.15) is 11.3 Å². The summed E-state index contributed by atoms with van der Waals surface area (Å²) < 4.78 is 4.46. The van der Waals surface area contributed by atoms with E-state index in [1.54, 1.807) is 0 Å². The fourth-order valence-corrected chi connectivity index (χ4v) is 0.847. The molecule has 1 N–H and O–H groups in total. The Balaban J connectivity index is 2.67. The fraction of sp³-hybridized carbons (Fsp3) is 0.167. The molecule has 3 nitrogen and oxygen atoms in total. The second kappa shape index (κ2) is 1.37. The molecular formula is C6H4NO2. The molecule has 0 spiro atoms. The van der Waals surface area contributed by atoms with Crippen molar-refractivity contribution in [2.45, 2.75) is 6.42 Å². The highest BCUT2D eigenvalue weighted by Gasteiger charge is 2.15. The lowest BCUT2D eigenvalue weighted by Gasteiger charge is -1.77. The van der Waals surface area contributed by atoms with Crippen molar-refractivity contribution in [2.24, 2.45) is 0 Å². The zero-order valence-corrected chi connectivity index (χ0v) is 4.59. The number of hydrogen-bond donors (Lipinski definition) is 1. The number of aromatic hydroxyl groups is 1. The third-order valence-corrected chi connectivity index (χ3v) is 1.29. The molecular weight excluding hydrogens is 118 g/mol. The Morgan fingerprint density at radius 2 is 2.67 bits per heavy atom. The highest BCUT2D eigenvalue weighted by molar-refractivity contribution is 5.38. The summed E-state index contributed by atoms with van der Waals surface area (Å²) in [4.78, 5) is 0. The van der Waals surface area contributed by atoms with Gasteiger partial charge in [0.2, 0.25) is 0 Å². The highest BCUT2D eigenvalue weighted by Crippen LogP contribution is 2.24. The van der Waals surface area contributed by atoms with E-state index in [0.717, 1.165) is 12.1 Å². The Kier molecular flexibility index (Phi) is 0.704. The van der Waals surface area contributed by atoms with Gasteiger partial charge < -0.3 is 9.63 Å². The van der Waals surface area contributed by atoms with Crippen molar-refractivity contribution >= 4 is 0 Å². The Hall–Kier alpha value is -1.25. The van der Waals surface area contributed by atoms with Crippen LogP contribution in [0.2, 0.25) is 0 Å². The number of nitrogens with zero attached hydrogens (tertiary/aromatic N) is 1. The van der Waals surface area contributed by atoms with Crippen LogP contribution < -0.4 is 0 Å². The van der Waals surface area contributed by atoms with Gasteiger partial charge in [-0.3, -0.25) is 0 Å². The van der Waals surface area contributed by atoms with Gasteiger partial charge in [0, 0.05) is 6.42 Å². The first-order valence-electron chi connectivity index (χ1n) is 2.63. The first kappa shape index (κ1) is 4.61. The Morgan fingerprint density at radius 3 is 3.44 bits per heavy atom. The molecule has 1 aliphatic carbocycles. The van der Waals surface area contributed by atoms with Gasteiger partial charge in [0.05, 0.1) is 11.3 Å². The summed E-state index contributed by atoms with van der Waals surface area (Å²) in [5.41, 5.74) is 1.38. The Labute approximate surface area is 51.6 Å². The molecule has 0 bridgehead atoms. The minimum atomic E-state index is -0.126. The molecule has 1 aromatic heterocycles. The molecule has 0 saturated heterocycles. The molecule has 1 heterocycles. The largest absolute Gasteiger partial charge is 0.479 e. The molecule has 0 aliphatic heterocycles. The molecule has 0 aromatic carbocycles. The molecule has 0 saturated carbocycles. The van der Waals surface area contributed by atoms with E-state index in [-0.39, 0.29) is 5.95 Å². The van der Waals surface area contributed by atoms with Gasteiger partial charge in [0.15, 0.2) is 0 Å². The third-order valence-electron chi connectivity index (χ3n) is 1.29. The van der Waals surface area contributed by atoms with E-state index < -0.39 is 0 Å². The molecule has 1 aliphatic rings. The summed E-state index contributed by atoms with van der Waals surface area (Å²) in [6.45, 7) is 0. The topological polar surface area (TPSA) is 46.3 Å². The molecule has 1 aromatic rings. The highest BCUT2D eigenvalue weighted by atomic mass is 16.5. The van der Waals surface area contributed by atoms with Crippen LogP contribution >= 0.6 is 0 Å².